The molecule has 0 N–H and O–H groups in total. The van der Waals surface area contributed by atoms with E-state index in [1.54, 1.807) is 0 Å². The van der Waals surface area contributed by atoms with E-state index < -0.39 is 0 Å². The summed E-state index contributed by atoms with van der Waals surface area (Å²) < 4.78 is 7.40. The van der Waals surface area contributed by atoms with Crippen molar-refractivity contribution in [3.63, 3.8) is 0 Å². The molecule has 0 amide bonds. The minimum absolute atomic E-state index is 0.522. The minimum atomic E-state index is 0.522. The molecular weight excluding hydrogens is 444 g/mol. The van der Waals surface area contributed by atoms with Gasteiger partial charge in [0.05, 0.1) is 17.0 Å². The first-order valence-corrected chi connectivity index (χ1v) is 12.1. The zero-order valence-corrected chi connectivity index (χ0v) is 19.9. The van der Waals surface area contributed by atoms with Crippen LogP contribution in [0.5, 0.6) is 0 Å². The van der Waals surface area contributed by atoms with E-state index in [0.29, 0.717) is 24.0 Å². The first-order chi connectivity index (χ1) is 16.7. The Morgan fingerprint density at radius 3 is 2.65 bits per heavy atom. The lowest BCUT2D eigenvalue weighted by Crippen LogP contribution is -2.02. The third kappa shape index (κ3) is 4.36. The summed E-state index contributed by atoms with van der Waals surface area (Å²) in [4.78, 5) is 9.31. The average Bonchev–Trinajstić information content (AvgIpc) is 3.49. The molecule has 0 bridgehead atoms. The van der Waals surface area contributed by atoms with E-state index in [-0.39, 0.29) is 0 Å². The lowest BCUT2D eigenvalue weighted by molar-refractivity contribution is 0.385. The summed E-state index contributed by atoms with van der Waals surface area (Å²) in [7, 11) is 0. The topological polar surface area (TPSA) is 82.5 Å². The predicted molar refractivity (Wildman–Crippen MR) is 134 cm³/mol. The van der Waals surface area contributed by atoms with E-state index in [2.05, 4.69) is 74.8 Å². The summed E-state index contributed by atoms with van der Waals surface area (Å²) in [6, 6.07) is 18.6. The van der Waals surface area contributed by atoms with Crippen molar-refractivity contribution >= 4 is 22.7 Å². The molecule has 2 aromatic carbocycles. The molecule has 0 radical (unpaired) electrons. The van der Waals surface area contributed by atoms with Crippen molar-refractivity contribution in [2.45, 2.75) is 37.7 Å². The molecule has 0 aliphatic heterocycles. The van der Waals surface area contributed by atoms with Crippen molar-refractivity contribution < 1.29 is 4.52 Å². The molecule has 0 aliphatic rings. The minimum Gasteiger partial charge on any atom is -0.338 e. The largest absolute Gasteiger partial charge is 0.338 e. The Morgan fingerprint density at radius 2 is 1.88 bits per heavy atom. The first kappa shape index (κ1) is 22.0. The van der Waals surface area contributed by atoms with Crippen LogP contribution in [0, 0.1) is 6.92 Å². The maximum Gasteiger partial charge on any atom is 0.237 e. The number of fused-ring (bicyclic) bond motifs is 1. The van der Waals surface area contributed by atoms with E-state index in [0.717, 1.165) is 45.1 Å². The Hall–Kier alpha value is -3.78. The number of thioether (sulfide) groups is 1. The predicted octanol–water partition coefficient (Wildman–Crippen LogP) is 5.89. The molecule has 5 aromatic rings. The number of pyridine rings is 1. The summed E-state index contributed by atoms with van der Waals surface area (Å²) in [5, 5.41) is 14.8. The maximum atomic E-state index is 5.33. The van der Waals surface area contributed by atoms with E-state index in [4.69, 9.17) is 9.51 Å². The number of para-hydroxylation sites is 1. The lowest BCUT2D eigenvalue weighted by atomic mass is 10.0. The van der Waals surface area contributed by atoms with Crippen molar-refractivity contribution in [2.24, 2.45) is 0 Å². The molecule has 0 aliphatic carbocycles. The van der Waals surface area contributed by atoms with Crippen LogP contribution in [0.1, 0.15) is 24.2 Å². The summed E-state index contributed by atoms with van der Waals surface area (Å²) >= 11 is 1.52. The molecule has 170 valence electrons. The van der Waals surface area contributed by atoms with Gasteiger partial charge in [0.1, 0.15) is 0 Å². The highest BCUT2D eigenvalue weighted by molar-refractivity contribution is 7.98. The quantitative estimate of drug-likeness (QED) is 0.207. The van der Waals surface area contributed by atoms with Gasteiger partial charge in [-0.3, -0.25) is 4.57 Å². The van der Waals surface area contributed by atoms with Gasteiger partial charge in [0, 0.05) is 29.5 Å². The van der Waals surface area contributed by atoms with E-state index in [1.807, 2.05) is 31.2 Å². The van der Waals surface area contributed by atoms with Crippen molar-refractivity contribution in [3.05, 3.63) is 84.5 Å². The van der Waals surface area contributed by atoms with Gasteiger partial charge in [0.2, 0.25) is 5.89 Å². The molecule has 3 aromatic heterocycles. The molecule has 3 heterocycles. The third-order valence-electron chi connectivity index (χ3n) is 5.48. The van der Waals surface area contributed by atoms with Gasteiger partial charge in [-0.05, 0) is 19.1 Å². The fraction of sp³-hybridized carbons (Fsp3) is 0.192. The second-order valence-corrected chi connectivity index (χ2v) is 8.83. The van der Waals surface area contributed by atoms with Gasteiger partial charge < -0.3 is 4.52 Å². The van der Waals surface area contributed by atoms with Gasteiger partial charge in [-0.2, -0.15) is 4.98 Å². The first-order valence-electron chi connectivity index (χ1n) is 11.1. The van der Waals surface area contributed by atoms with Gasteiger partial charge in [0.15, 0.2) is 16.8 Å². The average molecular weight is 469 g/mol. The number of hydrogen-bond acceptors (Lipinski definition) is 7. The number of aromatic nitrogens is 6. The normalized spacial score (nSPS) is 11.2. The molecule has 0 spiro atoms. The van der Waals surface area contributed by atoms with Crippen LogP contribution < -0.4 is 0 Å². The standard InChI is InChI=1S/C26H24N6OS/c1-4-14-32-25(29-30-26(32)34-16-24-28-23(5-2)31-33-24)20-15-22(18-12-10-17(3)11-13-18)27-21-9-7-6-8-19(20)21/h4,6-13,15H,1,5,14,16H2,2-3H3. The lowest BCUT2D eigenvalue weighted by Gasteiger charge is -2.12. The smallest absolute Gasteiger partial charge is 0.237 e. The highest BCUT2D eigenvalue weighted by atomic mass is 32.2. The third-order valence-corrected chi connectivity index (χ3v) is 6.44. The van der Waals surface area contributed by atoms with Crippen LogP contribution in [-0.4, -0.2) is 29.9 Å². The molecule has 0 atom stereocenters. The fourth-order valence-electron chi connectivity index (χ4n) is 3.74. The summed E-state index contributed by atoms with van der Waals surface area (Å²) in [6.07, 6.45) is 2.59. The zero-order valence-electron chi connectivity index (χ0n) is 19.1. The van der Waals surface area contributed by atoms with Gasteiger partial charge >= 0.3 is 0 Å². The highest BCUT2D eigenvalue weighted by Gasteiger charge is 2.19. The SMILES string of the molecule is C=CCn1c(SCc2nc(CC)no2)nnc1-c1cc(-c2ccc(C)cc2)nc2ccccc12. The summed E-state index contributed by atoms with van der Waals surface area (Å²) in [6.45, 7) is 8.60. The van der Waals surface area contributed by atoms with Gasteiger partial charge in [-0.1, -0.05) is 77.9 Å². The molecule has 0 fully saturated rings. The van der Waals surface area contributed by atoms with E-state index in [9.17, 15) is 0 Å². The molecular formula is C26H24N6OS. The molecule has 0 unspecified atom stereocenters. The number of benzene rings is 2. The monoisotopic (exact) mass is 468 g/mol. The fourth-order valence-corrected chi connectivity index (χ4v) is 4.52. The van der Waals surface area contributed by atoms with Crippen LogP contribution >= 0.6 is 11.8 Å². The second kappa shape index (κ2) is 9.61. The molecule has 7 nitrogen and oxygen atoms in total. The van der Waals surface area contributed by atoms with Crippen LogP contribution in [0.15, 0.2) is 76.9 Å². The molecule has 5 rings (SSSR count). The summed E-state index contributed by atoms with van der Waals surface area (Å²) in [5.41, 5.74) is 5.06. The Bertz CT molecular complexity index is 1450. The van der Waals surface area contributed by atoms with Crippen LogP contribution in [-0.2, 0) is 18.7 Å². The number of hydrogen-bond donors (Lipinski definition) is 0. The molecule has 0 saturated carbocycles. The van der Waals surface area contributed by atoms with E-state index >= 15 is 0 Å². The second-order valence-electron chi connectivity index (χ2n) is 7.89. The van der Waals surface area contributed by atoms with E-state index in [1.165, 1.54) is 17.3 Å². The van der Waals surface area contributed by atoms with Crippen molar-refractivity contribution in [1.29, 1.82) is 0 Å². The van der Waals surface area contributed by atoms with Crippen molar-refractivity contribution in [1.82, 2.24) is 29.9 Å². The Labute approximate surface area is 202 Å². The van der Waals surface area contributed by atoms with Gasteiger partial charge in [-0.15, -0.1) is 16.8 Å². The van der Waals surface area contributed by atoms with Gasteiger partial charge in [-0.25, -0.2) is 4.98 Å². The van der Waals surface area contributed by atoms with Crippen LogP contribution in [0.25, 0.3) is 33.5 Å². The number of allylic oxidation sites excluding steroid dienone is 1. The molecule has 8 heteroatoms. The number of aryl methyl sites for hydroxylation is 2. The Kier molecular flexibility index (Phi) is 6.22. The maximum absolute atomic E-state index is 5.33. The summed E-state index contributed by atoms with van der Waals surface area (Å²) in [5.74, 6) is 2.58. The number of nitrogens with zero attached hydrogens (tertiary/aromatic N) is 6. The number of rotatable bonds is 8. The van der Waals surface area contributed by atoms with Crippen LogP contribution in [0.4, 0.5) is 0 Å². The van der Waals surface area contributed by atoms with Gasteiger partial charge in [0.25, 0.3) is 0 Å². The highest BCUT2D eigenvalue weighted by Crippen LogP contribution is 2.33. The molecule has 34 heavy (non-hydrogen) atoms. The van der Waals surface area contributed by atoms with Crippen molar-refractivity contribution in [2.75, 3.05) is 0 Å². The van der Waals surface area contributed by atoms with Crippen molar-refractivity contribution in [3.8, 4) is 22.6 Å². The Morgan fingerprint density at radius 1 is 1.06 bits per heavy atom. The zero-order chi connectivity index (χ0) is 23.5. The molecule has 0 saturated heterocycles. The van der Waals surface area contributed by atoms with Crippen LogP contribution in [0.3, 0.4) is 0 Å². The Balaban J connectivity index is 1.58. The van der Waals surface area contributed by atoms with Crippen LogP contribution in [0.2, 0.25) is 0 Å².